The number of amides is 1. The maximum Gasteiger partial charge on any atom is 0.269 e. The fourth-order valence-corrected chi connectivity index (χ4v) is 4.59. The number of carbonyl (C=O) groups is 1. The summed E-state index contributed by atoms with van der Waals surface area (Å²) in [5.41, 5.74) is 5.63. The van der Waals surface area contributed by atoms with Crippen LogP contribution in [-0.4, -0.2) is 41.8 Å². The fourth-order valence-electron chi connectivity index (χ4n) is 3.35. The maximum atomic E-state index is 12.4. The summed E-state index contributed by atoms with van der Waals surface area (Å²) in [6.07, 6.45) is 3.05. The van der Waals surface area contributed by atoms with Gasteiger partial charge in [-0.05, 0) is 43.3 Å². The smallest absolute Gasteiger partial charge is 0.269 e. The number of benzene rings is 3. The Bertz CT molecular complexity index is 1600. The summed E-state index contributed by atoms with van der Waals surface area (Å²) in [6.45, 7) is 1.34. The van der Waals surface area contributed by atoms with Crippen molar-refractivity contribution in [3.8, 4) is 16.9 Å². The molecule has 1 amide bonds. The van der Waals surface area contributed by atoms with E-state index in [0.717, 1.165) is 15.6 Å². The first-order valence-corrected chi connectivity index (χ1v) is 13.4. The van der Waals surface area contributed by atoms with Crippen LogP contribution in [0.3, 0.4) is 0 Å². The van der Waals surface area contributed by atoms with Crippen LogP contribution >= 0.6 is 15.9 Å². The number of halogens is 1. The van der Waals surface area contributed by atoms with E-state index in [4.69, 9.17) is 0 Å². The molecule has 194 valence electrons. The molecule has 0 radical (unpaired) electrons. The molecule has 2 N–H and O–H groups in total. The number of hydrogen-bond acceptors (Lipinski definition) is 7. The summed E-state index contributed by atoms with van der Waals surface area (Å²) in [7, 11) is -3.85. The molecule has 0 fully saturated rings. The van der Waals surface area contributed by atoms with Crippen molar-refractivity contribution in [2.45, 2.75) is 11.8 Å². The van der Waals surface area contributed by atoms with Crippen molar-refractivity contribution in [3.05, 3.63) is 105 Å². The van der Waals surface area contributed by atoms with Gasteiger partial charge in [0.2, 0.25) is 10.0 Å². The number of hydrazone groups is 1. The van der Waals surface area contributed by atoms with Gasteiger partial charge in [0.15, 0.2) is 0 Å². The molecule has 0 unspecified atom stereocenters. The Hall–Kier alpha value is -4.20. The first-order chi connectivity index (χ1) is 18.1. The number of nitro benzene ring substituents is 1. The Labute approximate surface area is 226 Å². The molecule has 3 aromatic carbocycles. The fraction of sp³-hybridized carbons (Fsp3) is 0.0800. The summed E-state index contributed by atoms with van der Waals surface area (Å²) < 4.78 is 29.4. The highest BCUT2D eigenvalue weighted by Crippen LogP contribution is 2.25. The number of nitrogens with one attached hydrogen (secondary N) is 2. The number of carbonyl (C=O) groups excluding carboxylic acids is 1. The van der Waals surface area contributed by atoms with Crippen molar-refractivity contribution in [1.82, 2.24) is 19.9 Å². The Balaban J connectivity index is 1.50. The normalized spacial score (nSPS) is 11.5. The predicted octanol–water partition coefficient (Wildman–Crippen LogP) is 3.95. The van der Waals surface area contributed by atoms with Gasteiger partial charge in [-0.2, -0.15) is 10.2 Å². The lowest BCUT2D eigenvalue weighted by Gasteiger charge is -2.06. The molecule has 0 bridgehead atoms. The lowest BCUT2D eigenvalue weighted by molar-refractivity contribution is -0.384. The molecule has 0 saturated carbocycles. The van der Waals surface area contributed by atoms with Gasteiger partial charge in [0.25, 0.3) is 11.6 Å². The van der Waals surface area contributed by atoms with E-state index in [1.54, 1.807) is 35.1 Å². The van der Waals surface area contributed by atoms with E-state index >= 15 is 0 Å². The first-order valence-electron chi connectivity index (χ1n) is 11.1. The van der Waals surface area contributed by atoms with E-state index in [1.807, 2.05) is 31.2 Å². The molecule has 0 atom stereocenters. The minimum absolute atomic E-state index is 0.0449. The van der Waals surface area contributed by atoms with Crippen LogP contribution in [0.15, 0.2) is 93.5 Å². The molecule has 0 aliphatic carbocycles. The molecule has 11 nitrogen and oxygen atoms in total. The summed E-state index contributed by atoms with van der Waals surface area (Å²) >= 11 is 3.40. The zero-order valence-corrected chi connectivity index (χ0v) is 22.3. The van der Waals surface area contributed by atoms with Crippen LogP contribution in [0.4, 0.5) is 5.69 Å². The zero-order chi connectivity index (χ0) is 27.3. The highest BCUT2D eigenvalue weighted by molar-refractivity contribution is 9.10. The van der Waals surface area contributed by atoms with E-state index in [-0.39, 0.29) is 10.6 Å². The second kappa shape index (κ2) is 11.5. The third-order valence-electron chi connectivity index (χ3n) is 5.33. The molecule has 1 aromatic heterocycles. The van der Waals surface area contributed by atoms with Crippen molar-refractivity contribution in [2.75, 3.05) is 6.54 Å². The van der Waals surface area contributed by atoms with Crippen LogP contribution in [0.5, 0.6) is 0 Å². The number of sulfonamides is 1. The highest BCUT2D eigenvalue weighted by atomic mass is 79.9. The maximum absolute atomic E-state index is 12.4. The third kappa shape index (κ3) is 6.56. The van der Waals surface area contributed by atoms with Crippen molar-refractivity contribution in [3.63, 3.8) is 0 Å². The van der Waals surface area contributed by atoms with E-state index in [2.05, 4.69) is 36.3 Å². The molecule has 1 heterocycles. The molecular weight excluding hydrogens is 576 g/mol. The molecule has 4 aromatic rings. The van der Waals surface area contributed by atoms with Gasteiger partial charge in [-0.15, -0.1) is 0 Å². The second-order valence-electron chi connectivity index (χ2n) is 8.09. The van der Waals surface area contributed by atoms with E-state index < -0.39 is 27.4 Å². The summed E-state index contributed by atoms with van der Waals surface area (Å²) in [6, 6.07) is 19.5. The minimum atomic E-state index is -3.85. The van der Waals surface area contributed by atoms with Crippen molar-refractivity contribution >= 4 is 43.8 Å². The molecule has 0 saturated heterocycles. The monoisotopic (exact) mass is 596 g/mol. The summed E-state index contributed by atoms with van der Waals surface area (Å²) in [4.78, 5) is 22.8. The summed E-state index contributed by atoms with van der Waals surface area (Å²) in [5, 5.41) is 19.5. The topological polar surface area (TPSA) is 149 Å². The zero-order valence-electron chi connectivity index (χ0n) is 19.9. The number of hydrogen-bond donors (Lipinski definition) is 2. The average molecular weight is 597 g/mol. The first kappa shape index (κ1) is 26.9. The lowest BCUT2D eigenvalue weighted by atomic mass is 10.1. The Morgan fingerprint density at radius 1 is 1.08 bits per heavy atom. The van der Waals surface area contributed by atoms with Crippen LogP contribution in [0.25, 0.3) is 16.9 Å². The van der Waals surface area contributed by atoms with Gasteiger partial charge in [-0.1, -0.05) is 45.8 Å². The van der Waals surface area contributed by atoms with Gasteiger partial charge in [-0.3, -0.25) is 14.9 Å². The second-order valence-corrected chi connectivity index (χ2v) is 10.8. The van der Waals surface area contributed by atoms with E-state index in [0.29, 0.717) is 16.9 Å². The largest absolute Gasteiger partial charge is 0.272 e. The van der Waals surface area contributed by atoms with Gasteiger partial charge in [0, 0.05) is 33.9 Å². The molecular formula is C25H21BrN6O5S. The molecule has 4 rings (SSSR count). The van der Waals surface area contributed by atoms with Crippen LogP contribution in [-0.2, 0) is 14.8 Å². The lowest BCUT2D eigenvalue weighted by Crippen LogP contribution is -2.34. The Morgan fingerprint density at radius 3 is 2.37 bits per heavy atom. The number of aryl methyl sites for hydroxylation is 1. The predicted molar refractivity (Wildman–Crippen MR) is 145 cm³/mol. The van der Waals surface area contributed by atoms with Gasteiger partial charge in [0.05, 0.1) is 28.3 Å². The van der Waals surface area contributed by atoms with Gasteiger partial charge in [0.1, 0.15) is 5.69 Å². The number of aromatic nitrogens is 2. The van der Waals surface area contributed by atoms with Crippen molar-refractivity contribution in [1.29, 1.82) is 0 Å². The Kier molecular flexibility index (Phi) is 8.10. The number of rotatable bonds is 9. The molecule has 0 aliphatic heterocycles. The SMILES string of the molecule is Cc1ccc(S(=O)(=O)NCC(=O)N/N=C\c2cn(-c3ccc([N+](=O)[O-])cc3)nc2-c2ccc(Br)cc2)cc1. The van der Waals surface area contributed by atoms with Crippen molar-refractivity contribution < 1.29 is 18.1 Å². The number of nitro groups is 1. The van der Waals surface area contributed by atoms with E-state index in [1.165, 1.54) is 30.5 Å². The molecule has 13 heteroatoms. The van der Waals surface area contributed by atoms with Crippen LogP contribution < -0.4 is 10.1 Å². The van der Waals surface area contributed by atoms with E-state index in [9.17, 15) is 23.3 Å². The Morgan fingerprint density at radius 2 is 1.74 bits per heavy atom. The average Bonchev–Trinajstić information content (AvgIpc) is 3.32. The van der Waals surface area contributed by atoms with Crippen LogP contribution in [0.1, 0.15) is 11.1 Å². The summed E-state index contributed by atoms with van der Waals surface area (Å²) in [5.74, 6) is -0.662. The highest BCUT2D eigenvalue weighted by Gasteiger charge is 2.16. The van der Waals surface area contributed by atoms with Crippen molar-refractivity contribution in [2.24, 2.45) is 5.10 Å². The van der Waals surface area contributed by atoms with Crippen LogP contribution in [0.2, 0.25) is 0 Å². The molecule has 38 heavy (non-hydrogen) atoms. The standard InChI is InChI=1S/C25H21BrN6O5S/c1-17-2-12-23(13-3-17)38(36,37)28-15-24(33)29-27-14-19-16-31(21-8-10-22(11-9-21)32(34)35)30-25(19)18-4-6-20(26)7-5-18/h2-14,16,28H,15H2,1H3,(H,29,33)/b27-14-. The van der Waals surface area contributed by atoms with Crippen LogP contribution in [0, 0.1) is 17.0 Å². The molecule has 0 aliphatic rings. The van der Waals surface area contributed by atoms with Gasteiger partial charge >= 0.3 is 0 Å². The number of nitrogens with zero attached hydrogens (tertiary/aromatic N) is 4. The number of non-ortho nitro benzene ring substituents is 1. The quantitative estimate of drug-likeness (QED) is 0.170. The van der Waals surface area contributed by atoms with Gasteiger partial charge in [-0.25, -0.2) is 23.2 Å². The third-order valence-corrected chi connectivity index (χ3v) is 7.28. The molecule has 0 spiro atoms. The minimum Gasteiger partial charge on any atom is -0.272 e. The van der Waals surface area contributed by atoms with Gasteiger partial charge < -0.3 is 0 Å².